The molecule has 0 N–H and O–H groups in total. The Hall–Kier alpha value is -3.19. The van der Waals surface area contributed by atoms with E-state index in [1.807, 2.05) is 42.5 Å². The molecule has 0 saturated heterocycles. The van der Waals surface area contributed by atoms with Gasteiger partial charge in [0.05, 0.1) is 15.3 Å². The van der Waals surface area contributed by atoms with Crippen molar-refractivity contribution in [3.05, 3.63) is 91.0 Å². The summed E-state index contributed by atoms with van der Waals surface area (Å²) in [5.41, 5.74) is 0.507. The Balaban J connectivity index is 2.10. The van der Waals surface area contributed by atoms with Crippen LogP contribution in [0.2, 0.25) is 0 Å². The van der Waals surface area contributed by atoms with Crippen LogP contribution in [0.1, 0.15) is 9.60 Å². The van der Waals surface area contributed by atoms with Crippen LogP contribution in [0.25, 0.3) is 43.6 Å². The Morgan fingerprint density at radius 3 is 2.50 bits per heavy atom. The standard InChI is InChI=1S/C23H15N/c1-3-9-19-16(6-1)8-5-11-21(19)23-22-18(14-15-24-23)13-12-17-7-2-4-10-20(17)22/h1-15H/i1D,3D,5D,6D,8D,9D,11D. The molecule has 0 aliphatic carbocycles. The maximum absolute atomic E-state index is 8.63. The molecule has 0 fully saturated rings. The van der Waals surface area contributed by atoms with E-state index in [0.29, 0.717) is 5.69 Å². The minimum atomic E-state index is -0.467. The van der Waals surface area contributed by atoms with Gasteiger partial charge in [0.15, 0.2) is 0 Å². The molecule has 0 saturated carbocycles. The van der Waals surface area contributed by atoms with Gasteiger partial charge >= 0.3 is 0 Å². The molecular weight excluding hydrogens is 290 g/mol. The van der Waals surface area contributed by atoms with Crippen molar-refractivity contribution in [3.63, 3.8) is 0 Å². The zero-order valence-electron chi connectivity index (χ0n) is 19.6. The number of hydrogen-bond acceptors (Lipinski definition) is 1. The zero-order valence-corrected chi connectivity index (χ0v) is 12.6. The van der Waals surface area contributed by atoms with Crippen molar-refractivity contribution in [2.45, 2.75) is 0 Å². The summed E-state index contributed by atoms with van der Waals surface area (Å²) in [5, 5.41) is 3.42. The highest BCUT2D eigenvalue weighted by molar-refractivity contribution is 6.15. The van der Waals surface area contributed by atoms with Crippen molar-refractivity contribution in [2.24, 2.45) is 0 Å². The molecule has 0 amide bonds. The summed E-state index contributed by atoms with van der Waals surface area (Å²) in [6.45, 7) is 0. The van der Waals surface area contributed by atoms with Gasteiger partial charge < -0.3 is 0 Å². The molecule has 5 rings (SSSR count). The van der Waals surface area contributed by atoms with Gasteiger partial charge in [0.2, 0.25) is 0 Å². The molecule has 0 aliphatic heterocycles. The average molecular weight is 312 g/mol. The van der Waals surface area contributed by atoms with Gasteiger partial charge in [0.25, 0.3) is 0 Å². The van der Waals surface area contributed by atoms with Gasteiger partial charge in [-0.25, -0.2) is 0 Å². The van der Waals surface area contributed by atoms with Crippen LogP contribution < -0.4 is 0 Å². The second kappa shape index (κ2) is 5.17. The Kier molecular flexibility index (Phi) is 1.74. The molecule has 4 aromatic carbocycles. The van der Waals surface area contributed by atoms with E-state index >= 15 is 0 Å². The number of aromatic nitrogens is 1. The van der Waals surface area contributed by atoms with Crippen LogP contribution in [0.15, 0.2) is 91.0 Å². The van der Waals surface area contributed by atoms with E-state index in [1.54, 1.807) is 6.20 Å². The van der Waals surface area contributed by atoms with Crippen LogP contribution in [-0.2, 0) is 0 Å². The van der Waals surface area contributed by atoms with Gasteiger partial charge in [-0.3, -0.25) is 4.98 Å². The van der Waals surface area contributed by atoms with Crippen molar-refractivity contribution in [2.75, 3.05) is 0 Å². The largest absolute Gasteiger partial charge is 0.256 e. The third-order valence-corrected chi connectivity index (χ3v) is 4.21. The van der Waals surface area contributed by atoms with Gasteiger partial charge in [0, 0.05) is 17.1 Å². The molecule has 0 radical (unpaired) electrons. The molecule has 1 heterocycles. The van der Waals surface area contributed by atoms with E-state index in [-0.39, 0.29) is 40.5 Å². The van der Waals surface area contributed by atoms with Crippen molar-refractivity contribution < 1.29 is 9.60 Å². The van der Waals surface area contributed by atoms with E-state index in [1.165, 1.54) is 0 Å². The van der Waals surface area contributed by atoms with Crippen molar-refractivity contribution in [1.82, 2.24) is 4.98 Å². The van der Waals surface area contributed by atoms with Crippen molar-refractivity contribution >= 4 is 32.3 Å². The summed E-state index contributed by atoms with van der Waals surface area (Å²) in [6.07, 6.45) is 1.58. The lowest BCUT2D eigenvalue weighted by atomic mass is 9.95. The van der Waals surface area contributed by atoms with Gasteiger partial charge in [-0.05, 0) is 33.0 Å². The fraction of sp³-hybridized carbons (Fsp3) is 0. The molecule has 1 nitrogen and oxygen atoms in total. The summed E-state index contributed by atoms with van der Waals surface area (Å²) in [4.78, 5) is 4.51. The summed E-state index contributed by atoms with van der Waals surface area (Å²) < 4.78 is 58.2. The van der Waals surface area contributed by atoms with Crippen LogP contribution >= 0.6 is 0 Å². The monoisotopic (exact) mass is 312 g/mol. The van der Waals surface area contributed by atoms with Crippen molar-refractivity contribution in [3.8, 4) is 11.3 Å². The highest BCUT2D eigenvalue weighted by Crippen LogP contribution is 2.35. The van der Waals surface area contributed by atoms with Crippen LogP contribution in [0.3, 0.4) is 0 Å². The highest BCUT2D eigenvalue weighted by Gasteiger charge is 2.11. The Morgan fingerprint density at radius 2 is 1.50 bits per heavy atom. The van der Waals surface area contributed by atoms with E-state index in [4.69, 9.17) is 9.60 Å². The minimum absolute atomic E-state index is 0.0462. The molecule has 1 aromatic heterocycles. The lowest BCUT2D eigenvalue weighted by molar-refractivity contribution is 1.37. The van der Waals surface area contributed by atoms with Crippen LogP contribution in [-0.4, -0.2) is 4.98 Å². The molecule has 0 atom stereocenters. The Bertz CT molecular complexity index is 1550. The lowest BCUT2D eigenvalue weighted by Crippen LogP contribution is -1.89. The van der Waals surface area contributed by atoms with Crippen LogP contribution in [0.5, 0.6) is 0 Å². The first-order valence-corrected chi connectivity index (χ1v) is 7.59. The molecule has 112 valence electrons. The van der Waals surface area contributed by atoms with Crippen LogP contribution in [0, 0.1) is 0 Å². The highest BCUT2D eigenvalue weighted by atomic mass is 14.7. The van der Waals surface area contributed by atoms with Gasteiger partial charge in [-0.2, -0.15) is 0 Å². The Labute approximate surface area is 150 Å². The molecular formula is C23H15N. The van der Waals surface area contributed by atoms with E-state index in [9.17, 15) is 0 Å². The number of nitrogens with zero attached hydrogens (tertiary/aromatic N) is 1. The predicted molar refractivity (Wildman–Crippen MR) is 102 cm³/mol. The first kappa shape index (κ1) is 8.07. The van der Waals surface area contributed by atoms with E-state index in [2.05, 4.69) is 4.98 Å². The SMILES string of the molecule is [2H]c1c([2H])c([2H])c2c(-c3nccc4ccc5ccccc5c34)c([2H])c([2H])c([2H])c2c1[2H]. The van der Waals surface area contributed by atoms with Gasteiger partial charge in [0.1, 0.15) is 0 Å². The summed E-state index contributed by atoms with van der Waals surface area (Å²) in [5.74, 6) is 0. The molecule has 24 heavy (non-hydrogen) atoms. The molecule has 0 unspecified atom stereocenters. The third-order valence-electron chi connectivity index (χ3n) is 4.21. The fourth-order valence-electron chi connectivity index (χ4n) is 3.13. The smallest absolute Gasteiger partial charge is 0.0792 e. The summed E-state index contributed by atoms with van der Waals surface area (Å²) >= 11 is 0. The maximum Gasteiger partial charge on any atom is 0.0792 e. The van der Waals surface area contributed by atoms with E-state index < -0.39 is 18.1 Å². The zero-order chi connectivity index (χ0) is 22.0. The molecule has 0 spiro atoms. The molecule has 0 bridgehead atoms. The average Bonchev–Trinajstić information content (AvgIpc) is 2.79. The van der Waals surface area contributed by atoms with Gasteiger partial charge in [-0.1, -0.05) is 78.7 Å². The number of pyridine rings is 1. The number of benzene rings is 4. The Morgan fingerprint density at radius 1 is 0.667 bits per heavy atom. The fourth-order valence-corrected chi connectivity index (χ4v) is 3.13. The summed E-state index contributed by atoms with van der Waals surface area (Å²) in [7, 11) is 0. The third kappa shape index (κ3) is 1.92. The summed E-state index contributed by atoms with van der Waals surface area (Å²) in [6, 6.07) is 10.8. The predicted octanol–water partition coefficient (Wildman–Crippen LogP) is 6.21. The maximum atomic E-state index is 8.63. The molecule has 0 aliphatic rings. The normalized spacial score (nSPS) is 15.4. The topological polar surface area (TPSA) is 12.9 Å². The second-order valence-corrected chi connectivity index (χ2v) is 5.54. The van der Waals surface area contributed by atoms with Crippen LogP contribution in [0.4, 0.5) is 0 Å². The lowest BCUT2D eigenvalue weighted by Gasteiger charge is -2.11. The molecule has 1 heteroatoms. The number of fused-ring (bicyclic) bond motifs is 4. The quantitative estimate of drug-likeness (QED) is 0.335. The first-order valence-electron chi connectivity index (χ1n) is 11.1. The minimum Gasteiger partial charge on any atom is -0.256 e. The van der Waals surface area contributed by atoms with Gasteiger partial charge in [-0.15, -0.1) is 0 Å². The number of hydrogen-bond donors (Lipinski definition) is 0. The van der Waals surface area contributed by atoms with E-state index in [0.717, 1.165) is 21.5 Å². The number of rotatable bonds is 1. The van der Waals surface area contributed by atoms with Crippen molar-refractivity contribution in [1.29, 1.82) is 0 Å². The first-order chi connectivity index (χ1) is 14.8. The second-order valence-electron chi connectivity index (χ2n) is 5.54. The molecule has 5 aromatic rings.